The van der Waals surface area contributed by atoms with Crippen molar-refractivity contribution in [2.24, 2.45) is 0 Å². The van der Waals surface area contributed by atoms with E-state index in [1.807, 2.05) is 30.3 Å². The number of hydrogen-bond acceptors (Lipinski definition) is 3. The van der Waals surface area contributed by atoms with Crippen LogP contribution in [0.3, 0.4) is 0 Å². The summed E-state index contributed by atoms with van der Waals surface area (Å²) in [6.07, 6.45) is 0. The average Bonchev–Trinajstić information content (AvgIpc) is 2.55. The highest BCUT2D eigenvalue weighted by molar-refractivity contribution is 6.08. The first-order valence-corrected chi connectivity index (χ1v) is 6.58. The van der Waals surface area contributed by atoms with Crippen LogP contribution in [0.4, 0.5) is 0 Å². The molecule has 0 aromatic heterocycles. The van der Waals surface area contributed by atoms with E-state index in [9.17, 15) is 9.59 Å². The molecule has 0 aliphatic carbocycles. The van der Waals surface area contributed by atoms with Crippen LogP contribution in [0.25, 0.3) is 0 Å². The van der Waals surface area contributed by atoms with E-state index in [0.29, 0.717) is 11.1 Å². The topological polar surface area (TPSA) is 63.6 Å². The van der Waals surface area contributed by atoms with Gasteiger partial charge in [0, 0.05) is 16.7 Å². The van der Waals surface area contributed by atoms with Crippen LogP contribution in [-0.2, 0) is 4.79 Å². The van der Waals surface area contributed by atoms with E-state index < -0.39 is 5.97 Å². The Bertz CT molecular complexity index is 631. The van der Waals surface area contributed by atoms with Gasteiger partial charge in [0.2, 0.25) is 0 Å². The second-order valence-corrected chi connectivity index (χ2v) is 4.51. The summed E-state index contributed by atoms with van der Waals surface area (Å²) in [5.41, 5.74) is 1.55. The van der Waals surface area contributed by atoms with Gasteiger partial charge in [0.05, 0.1) is 7.11 Å². The minimum atomic E-state index is -0.935. The molecule has 0 spiro atoms. The van der Waals surface area contributed by atoms with E-state index in [1.54, 1.807) is 31.4 Å². The lowest BCUT2D eigenvalue weighted by molar-refractivity contribution is -0.132. The predicted molar refractivity (Wildman–Crippen MR) is 85.3 cm³/mol. The molecule has 2 aromatic rings. The minimum absolute atomic E-state index is 0.0308. The molecule has 0 radical (unpaired) electrons. The highest BCUT2D eigenvalue weighted by Gasteiger charge is 2.07. The zero-order valence-corrected chi connectivity index (χ0v) is 12.6. The quantitative estimate of drug-likeness (QED) is 0.692. The van der Waals surface area contributed by atoms with E-state index in [0.717, 1.165) is 5.75 Å². The predicted octanol–water partition coefficient (Wildman–Crippen LogP) is 3.57. The van der Waals surface area contributed by atoms with Crippen molar-refractivity contribution in [3.63, 3.8) is 0 Å². The molecular weight excluding hydrogens is 280 g/mol. The van der Waals surface area contributed by atoms with Gasteiger partial charge in [-0.3, -0.25) is 4.79 Å². The fraction of sp³-hybridized carbons (Fsp3) is 0.111. The second-order valence-electron chi connectivity index (χ2n) is 4.51. The first kappa shape index (κ1) is 17.2. The molecule has 4 nitrogen and oxygen atoms in total. The van der Waals surface area contributed by atoms with Crippen LogP contribution < -0.4 is 4.74 Å². The Morgan fingerprint density at radius 1 is 0.955 bits per heavy atom. The van der Waals surface area contributed by atoms with E-state index >= 15 is 0 Å². The summed E-state index contributed by atoms with van der Waals surface area (Å²) >= 11 is 0. The van der Waals surface area contributed by atoms with Gasteiger partial charge in [-0.25, -0.2) is 4.79 Å². The largest absolute Gasteiger partial charge is 0.497 e. The number of carbonyl (C=O) groups excluding carboxylic acids is 1. The van der Waals surface area contributed by atoms with E-state index in [1.165, 1.54) is 6.92 Å². The number of ether oxygens (including phenoxy) is 1. The Hall–Kier alpha value is -2.88. The molecule has 22 heavy (non-hydrogen) atoms. The Kier molecular flexibility index (Phi) is 6.57. The van der Waals surface area contributed by atoms with Crippen LogP contribution in [0, 0.1) is 0 Å². The Labute approximate surface area is 129 Å². The minimum Gasteiger partial charge on any atom is -0.497 e. The molecule has 0 atom stereocenters. The number of aliphatic carboxylic acids is 1. The molecule has 0 bridgehead atoms. The molecule has 4 heteroatoms. The monoisotopic (exact) mass is 298 g/mol. The summed E-state index contributed by atoms with van der Waals surface area (Å²) in [4.78, 5) is 21.6. The third kappa shape index (κ3) is 5.25. The molecule has 0 unspecified atom stereocenters. The maximum atomic E-state index is 12.0. The SMILES string of the molecule is C=C(C)C(=O)O.COc1ccc(C(=O)c2ccccc2)cc1. The normalized spacial score (nSPS) is 9.18. The molecule has 0 amide bonds. The molecule has 0 fully saturated rings. The van der Waals surface area contributed by atoms with Crippen molar-refractivity contribution in [2.45, 2.75) is 6.92 Å². The number of carbonyl (C=O) groups is 2. The molecule has 0 saturated carbocycles. The second kappa shape index (κ2) is 8.42. The van der Waals surface area contributed by atoms with Crippen LogP contribution >= 0.6 is 0 Å². The smallest absolute Gasteiger partial charge is 0.330 e. The summed E-state index contributed by atoms with van der Waals surface area (Å²) in [6.45, 7) is 4.60. The standard InChI is InChI=1S/C14H12O2.C4H6O2/c1-16-13-9-7-12(8-10-13)14(15)11-5-3-2-4-6-11;1-3(2)4(5)6/h2-10H,1H3;1H2,2H3,(H,5,6). The summed E-state index contributed by atoms with van der Waals surface area (Å²) in [5, 5.41) is 7.89. The van der Waals surface area contributed by atoms with Gasteiger partial charge in [0.1, 0.15) is 5.75 Å². The molecule has 2 aromatic carbocycles. The summed E-state index contributed by atoms with van der Waals surface area (Å²) in [5.74, 6) is -0.150. The molecule has 0 heterocycles. The van der Waals surface area contributed by atoms with Crippen LogP contribution in [0.2, 0.25) is 0 Å². The number of rotatable bonds is 4. The molecular formula is C18H18O4. The molecule has 0 aliphatic rings. The van der Waals surface area contributed by atoms with Crippen LogP contribution in [0.1, 0.15) is 22.8 Å². The van der Waals surface area contributed by atoms with Crippen molar-refractivity contribution in [3.05, 3.63) is 77.9 Å². The first-order chi connectivity index (χ1) is 10.5. The van der Waals surface area contributed by atoms with Crippen molar-refractivity contribution >= 4 is 11.8 Å². The van der Waals surface area contributed by atoms with Crippen molar-refractivity contribution < 1.29 is 19.4 Å². The van der Waals surface area contributed by atoms with Gasteiger partial charge in [-0.1, -0.05) is 36.9 Å². The number of methoxy groups -OCH3 is 1. The average molecular weight is 298 g/mol. The maximum Gasteiger partial charge on any atom is 0.330 e. The van der Waals surface area contributed by atoms with Gasteiger partial charge in [-0.05, 0) is 31.2 Å². The lowest BCUT2D eigenvalue weighted by Crippen LogP contribution is -2.00. The van der Waals surface area contributed by atoms with Gasteiger partial charge < -0.3 is 9.84 Å². The lowest BCUT2D eigenvalue weighted by atomic mass is 10.0. The fourth-order valence-corrected chi connectivity index (χ4v) is 1.50. The van der Waals surface area contributed by atoms with Crippen LogP contribution in [-0.4, -0.2) is 24.0 Å². The van der Waals surface area contributed by atoms with Crippen molar-refractivity contribution in [1.82, 2.24) is 0 Å². The van der Waals surface area contributed by atoms with Gasteiger partial charge in [-0.15, -0.1) is 0 Å². The number of ketones is 1. The first-order valence-electron chi connectivity index (χ1n) is 6.58. The number of carboxylic acids is 1. The zero-order chi connectivity index (χ0) is 16.5. The molecule has 114 valence electrons. The third-order valence-corrected chi connectivity index (χ3v) is 2.75. The Morgan fingerprint density at radius 3 is 1.82 bits per heavy atom. The number of benzene rings is 2. The van der Waals surface area contributed by atoms with Crippen molar-refractivity contribution in [1.29, 1.82) is 0 Å². The molecule has 2 rings (SSSR count). The highest BCUT2D eigenvalue weighted by Crippen LogP contribution is 2.14. The summed E-state index contributed by atoms with van der Waals surface area (Å²) in [7, 11) is 1.61. The zero-order valence-electron chi connectivity index (χ0n) is 12.6. The van der Waals surface area contributed by atoms with Gasteiger partial charge in [0.15, 0.2) is 5.78 Å². The molecule has 0 saturated heterocycles. The summed E-state index contributed by atoms with van der Waals surface area (Å²) in [6, 6.07) is 16.4. The number of hydrogen-bond donors (Lipinski definition) is 1. The third-order valence-electron chi connectivity index (χ3n) is 2.75. The van der Waals surface area contributed by atoms with Gasteiger partial charge in [0.25, 0.3) is 0 Å². The van der Waals surface area contributed by atoms with E-state index in [4.69, 9.17) is 9.84 Å². The lowest BCUT2D eigenvalue weighted by Gasteiger charge is -2.02. The number of carboxylic acid groups (broad SMARTS) is 1. The summed E-state index contributed by atoms with van der Waals surface area (Å²) < 4.78 is 5.04. The van der Waals surface area contributed by atoms with Crippen LogP contribution in [0.15, 0.2) is 66.7 Å². The molecule has 1 N–H and O–H groups in total. The highest BCUT2D eigenvalue weighted by atomic mass is 16.5. The maximum absolute atomic E-state index is 12.0. The van der Waals surface area contributed by atoms with E-state index in [-0.39, 0.29) is 11.4 Å². The van der Waals surface area contributed by atoms with E-state index in [2.05, 4.69) is 6.58 Å². The molecule has 0 aliphatic heterocycles. The van der Waals surface area contributed by atoms with Crippen LogP contribution in [0.5, 0.6) is 5.75 Å². The fourth-order valence-electron chi connectivity index (χ4n) is 1.50. The van der Waals surface area contributed by atoms with Gasteiger partial charge in [-0.2, -0.15) is 0 Å². The van der Waals surface area contributed by atoms with Crippen molar-refractivity contribution in [2.75, 3.05) is 7.11 Å². The Balaban J connectivity index is 0.000000346. The van der Waals surface area contributed by atoms with Gasteiger partial charge >= 0.3 is 5.97 Å². The Morgan fingerprint density at radius 2 is 1.41 bits per heavy atom. The van der Waals surface area contributed by atoms with Crippen molar-refractivity contribution in [3.8, 4) is 5.75 Å².